The fourth-order valence-corrected chi connectivity index (χ4v) is 4.27. The van der Waals surface area contributed by atoms with Crippen LogP contribution < -0.4 is 15.4 Å². The van der Waals surface area contributed by atoms with Gasteiger partial charge in [-0.25, -0.2) is 0 Å². The van der Waals surface area contributed by atoms with E-state index < -0.39 is 17.2 Å². The van der Waals surface area contributed by atoms with E-state index in [-0.39, 0.29) is 30.8 Å². The minimum Gasteiger partial charge on any atom is -0.497 e. The summed E-state index contributed by atoms with van der Waals surface area (Å²) in [6, 6.07) is 13.5. The molecule has 1 heterocycles. The Bertz CT molecular complexity index is 1130. The van der Waals surface area contributed by atoms with Crippen molar-refractivity contribution in [2.24, 2.45) is 5.92 Å². The molecule has 3 rings (SSSR count). The molecule has 4 amide bonds. The standard InChI is InChI=1S/C26H29N3O5S/c1-16(2)22(28-23(30)19-9-5-17(3)6-10-19)24(31)27-13-14-29-25(32)21(35-26(29)33)15-18-7-11-20(34-4)12-8-18/h5-12,15-16,22H,13-14H2,1-4H3,(H,27,31)(H,28,30). The van der Waals surface area contributed by atoms with E-state index in [2.05, 4.69) is 10.6 Å². The molecule has 8 nitrogen and oxygen atoms in total. The predicted octanol–water partition coefficient (Wildman–Crippen LogP) is 3.61. The third kappa shape index (κ3) is 6.73. The van der Waals surface area contributed by atoms with Gasteiger partial charge in [-0.2, -0.15) is 0 Å². The van der Waals surface area contributed by atoms with Crippen LogP contribution in [0.4, 0.5) is 4.79 Å². The Morgan fingerprint density at radius 2 is 1.71 bits per heavy atom. The molecule has 0 spiro atoms. The topological polar surface area (TPSA) is 105 Å². The van der Waals surface area contributed by atoms with Gasteiger partial charge >= 0.3 is 0 Å². The van der Waals surface area contributed by atoms with Crippen LogP contribution in [-0.4, -0.2) is 54.1 Å². The van der Waals surface area contributed by atoms with Gasteiger partial charge in [0.15, 0.2) is 0 Å². The van der Waals surface area contributed by atoms with Crippen LogP contribution in [0.15, 0.2) is 53.4 Å². The molecule has 2 aromatic carbocycles. The zero-order valence-corrected chi connectivity index (χ0v) is 21.0. The lowest BCUT2D eigenvalue weighted by molar-refractivity contribution is -0.125. The number of amides is 4. The van der Waals surface area contributed by atoms with Crippen molar-refractivity contribution in [3.8, 4) is 5.75 Å². The first-order valence-corrected chi connectivity index (χ1v) is 12.1. The summed E-state index contributed by atoms with van der Waals surface area (Å²) in [5, 5.41) is 5.11. The van der Waals surface area contributed by atoms with Crippen LogP contribution in [0.5, 0.6) is 5.75 Å². The number of thioether (sulfide) groups is 1. The van der Waals surface area contributed by atoms with E-state index in [4.69, 9.17) is 4.74 Å². The van der Waals surface area contributed by atoms with Gasteiger partial charge in [-0.15, -0.1) is 0 Å². The summed E-state index contributed by atoms with van der Waals surface area (Å²) in [6.07, 6.45) is 1.65. The Kier molecular flexibility index (Phi) is 8.70. The van der Waals surface area contributed by atoms with Crippen molar-refractivity contribution in [2.45, 2.75) is 26.8 Å². The second kappa shape index (κ2) is 11.7. The molecule has 0 bridgehead atoms. The Labute approximate surface area is 209 Å². The van der Waals surface area contributed by atoms with E-state index in [0.717, 1.165) is 27.8 Å². The summed E-state index contributed by atoms with van der Waals surface area (Å²) in [6.45, 7) is 5.71. The molecular formula is C26H29N3O5S. The Hall–Kier alpha value is -3.59. The monoisotopic (exact) mass is 495 g/mol. The molecule has 0 aromatic heterocycles. The first-order chi connectivity index (χ1) is 16.7. The lowest BCUT2D eigenvalue weighted by Crippen LogP contribution is -2.51. The summed E-state index contributed by atoms with van der Waals surface area (Å²) in [4.78, 5) is 51.8. The molecular weight excluding hydrogens is 466 g/mol. The van der Waals surface area contributed by atoms with Gasteiger partial charge in [-0.1, -0.05) is 43.7 Å². The summed E-state index contributed by atoms with van der Waals surface area (Å²) in [5.74, 6) is -0.581. The van der Waals surface area contributed by atoms with E-state index in [9.17, 15) is 19.2 Å². The van der Waals surface area contributed by atoms with Gasteiger partial charge in [0, 0.05) is 18.7 Å². The first-order valence-electron chi connectivity index (χ1n) is 11.2. The van der Waals surface area contributed by atoms with Crippen LogP contribution in [0, 0.1) is 12.8 Å². The average molecular weight is 496 g/mol. The lowest BCUT2D eigenvalue weighted by Gasteiger charge is -2.22. The molecule has 0 aliphatic carbocycles. The number of hydrogen-bond acceptors (Lipinski definition) is 6. The molecule has 1 aliphatic heterocycles. The van der Waals surface area contributed by atoms with E-state index in [1.165, 1.54) is 0 Å². The molecule has 35 heavy (non-hydrogen) atoms. The largest absolute Gasteiger partial charge is 0.497 e. The second-order valence-electron chi connectivity index (χ2n) is 8.46. The molecule has 184 valence electrons. The fourth-order valence-electron chi connectivity index (χ4n) is 3.41. The number of nitrogens with one attached hydrogen (secondary N) is 2. The lowest BCUT2D eigenvalue weighted by atomic mass is 10.0. The minimum atomic E-state index is -0.756. The summed E-state index contributed by atoms with van der Waals surface area (Å²) >= 11 is 0.861. The fraction of sp³-hybridized carbons (Fsp3) is 0.308. The molecule has 1 atom stereocenters. The summed E-state index contributed by atoms with van der Waals surface area (Å²) in [7, 11) is 1.57. The highest BCUT2D eigenvalue weighted by Gasteiger charge is 2.35. The highest BCUT2D eigenvalue weighted by atomic mass is 32.2. The maximum absolute atomic E-state index is 12.8. The predicted molar refractivity (Wildman–Crippen MR) is 136 cm³/mol. The molecule has 0 radical (unpaired) electrons. The van der Waals surface area contributed by atoms with Crippen molar-refractivity contribution >= 4 is 40.8 Å². The molecule has 1 aliphatic rings. The number of rotatable bonds is 9. The third-order valence-electron chi connectivity index (χ3n) is 5.47. The third-order valence-corrected chi connectivity index (χ3v) is 6.38. The van der Waals surface area contributed by atoms with Crippen LogP contribution in [0.1, 0.15) is 35.3 Å². The summed E-state index contributed by atoms with van der Waals surface area (Å²) < 4.78 is 5.12. The molecule has 1 saturated heterocycles. The second-order valence-corrected chi connectivity index (χ2v) is 9.45. The van der Waals surface area contributed by atoms with Crippen LogP contribution in [-0.2, 0) is 9.59 Å². The highest BCUT2D eigenvalue weighted by Crippen LogP contribution is 2.32. The normalized spacial score (nSPS) is 15.5. The molecule has 9 heteroatoms. The van der Waals surface area contributed by atoms with Crippen molar-refractivity contribution in [1.29, 1.82) is 0 Å². The van der Waals surface area contributed by atoms with Crippen molar-refractivity contribution in [1.82, 2.24) is 15.5 Å². The number of benzene rings is 2. The van der Waals surface area contributed by atoms with Gasteiger partial charge in [0.25, 0.3) is 17.1 Å². The number of imide groups is 1. The maximum atomic E-state index is 12.8. The van der Waals surface area contributed by atoms with Crippen LogP contribution in [0.2, 0.25) is 0 Å². The Morgan fingerprint density at radius 3 is 2.31 bits per heavy atom. The van der Waals surface area contributed by atoms with Crippen LogP contribution >= 0.6 is 11.8 Å². The average Bonchev–Trinajstić information content (AvgIpc) is 3.10. The van der Waals surface area contributed by atoms with E-state index in [1.807, 2.05) is 32.9 Å². The van der Waals surface area contributed by atoms with Gasteiger partial charge in [-0.05, 0) is 60.5 Å². The number of hydrogen-bond donors (Lipinski definition) is 2. The smallest absolute Gasteiger partial charge is 0.293 e. The Balaban J connectivity index is 1.56. The quantitative estimate of drug-likeness (QED) is 0.515. The SMILES string of the molecule is COc1ccc(C=C2SC(=O)N(CCNC(=O)C(NC(=O)c3ccc(C)cc3)C(C)C)C2=O)cc1. The number of nitrogens with zero attached hydrogens (tertiary/aromatic N) is 1. The van der Waals surface area contributed by atoms with Crippen molar-refractivity contribution in [2.75, 3.05) is 20.2 Å². The minimum absolute atomic E-state index is 0.0348. The number of carbonyl (C=O) groups is 4. The molecule has 1 unspecified atom stereocenters. The molecule has 2 aromatic rings. The Morgan fingerprint density at radius 1 is 1.06 bits per heavy atom. The zero-order valence-electron chi connectivity index (χ0n) is 20.2. The van der Waals surface area contributed by atoms with Gasteiger partial charge in [0.2, 0.25) is 5.91 Å². The maximum Gasteiger partial charge on any atom is 0.293 e. The van der Waals surface area contributed by atoms with Crippen molar-refractivity contribution in [3.63, 3.8) is 0 Å². The zero-order chi connectivity index (χ0) is 25.5. The van der Waals surface area contributed by atoms with Crippen LogP contribution in [0.25, 0.3) is 6.08 Å². The molecule has 0 saturated carbocycles. The van der Waals surface area contributed by atoms with Crippen molar-refractivity contribution in [3.05, 3.63) is 70.1 Å². The van der Waals surface area contributed by atoms with Gasteiger partial charge in [0.05, 0.1) is 12.0 Å². The molecule has 1 fully saturated rings. The van der Waals surface area contributed by atoms with Gasteiger partial charge in [-0.3, -0.25) is 24.1 Å². The highest BCUT2D eigenvalue weighted by molar-refractivity contribution is 8.18. The van der Waals surface area contributed by atoms with E-state index in [1.54, 1.807) is 49.6 Å². The number of aryl methyl sites for hydroxylation is 1. The van der Waals surface area contributed by atoms with Crippen LogP contribution in [0.3, 0.4) is 0 Å². The van der Waals surface area contributed by atoms with E-state index >= 15 is 0 Å². The molecule has 2 N–H and O–H groups in total. The summed E-state index contributed by atoms with van der Waals surface area (Å²) in [5.41, 5.74) is 2.27. The number of methoxy groups -OCH3 is 1. The first kappa shape index (κ1) is 26.0. The van der Waals surface area contributed by atoms with Gasteiger partial charge < -0.3 is 15.4 Å². The van der Waals surface area contributed by atoms with Gasteiger partial charge in [0.1, 0.15) is 11.8 Å². The number of carbonyl (C=O) groups excluding carboxylic acids is 4. The van der Waals surface area contributed by atoms with E-state index in [0.29, 0.717) is 16.2 Å². The van der Waals surface area contributed by atoms with Crippen molar-refractivity contribution < 1.29 is 23.9 Å². The number of ether oxygens (including phenoxy) is 1.